The molecule has 0 spiro atoms. The first-order valence-electron chi connectivity index (χ1n) is 11.4. The Morgan fingerprint density at radius 1 is 1.03 bits per heavy atom. The van der Waals surface area contributed by atoms with E-state index in [2.05, 4.69) is 25.3 Å². The molecule has 2 saturated heterocycles. The number of aromatic amines is 2. The van der Waals surface area contributed by atoms with E-state index in [4.69, 9.17) is 0 Å². The van der Waals surface area contributed by atoms with E-state index in [1.54, 1.807) is 6.07 Å². The van der Waals surface area contributed by atoms with Crippen LogP contribution in [0.1, 0.15) is 43.8 Å². The maximum atomic E-state index is 12.8. The number of rotatable bonds is 5. The third-order valence-electron chi connectivity index (χ3n) is 6.80. The molecule has 1 atom stereocenters. The third kappa shape index (κ3) is 4.36. The van der Waals surface area contributed by atoms with Crippen LogP contribution in [0, 0.1) is 5.92 Å². The van der Waals surface area contributed by atoms with Crippen LogP contribution < -0.4 is 16.6 Å². The molecule has 1 aromatic carbocycles. The second kappa shape index (κ2) is 8.80. The van der Waals surface area contributed by atoms with Crippen LogP contribution in [0.2, 0.25) is 0 Å². The van der Waals surface area contributed by atoms with E-state index in [-0.39, 0.29) is 17.2 Å². The van der Waals surface area contributed by atoms with E-state index in [1.807, 2.05) is 18.2 Å². The van der Waals surface area contributed by atoms with Crippen LogP contribution in [0.3, 0.4) is 0 Å². The van der Waals surface area contributed by atoms with Crippen molar-refractivity contribution in [3.63, 3.8) is 0 Å². The summed E-state index contributed by atoms with van der Waals surface area (Å²) in [7, 11) is 0. The molecule has 0 radical (unpaired) electrons. The number of aromatic nitrogens is 4. The maximum absolute atomic E-state index is 12.8. The van der Waals surface area contributed by atoms with Crippen LogP contribution in [0.5, 0.6) is 0 Å². The third-order valence-corrected chi connectivity index (χ3v) is 6.80. The second-order valence-electron chi connectivity index (χ2n) is 8.91. The van der Waals surface area contributed by atoms with Crippen molar-refractivity contribution in [3.8, 4) is 5.69 Å². The van der Waals surface area contributed by atoms with Crippen molar-refractivity contribution in [1.29, 1.82) is 0 Å². The van der Waals surface area contributed by atoms with Crippen molar-refractivity contribution < 1.29 is 0 Å². The fraction of sp³-hybridized carbons (Fsp3) is 0.522. The number of nitrogens with zero attached hydrogens (tertiary/aromatic N) is 3. The van der Waals surface area contributed by atoms with Crippen molar-refractivity contribution >= 4 is 10.9 Å². The molecule has 2 aliphatic heterocycles. The lowest BCUT2D eigenvalue weighted by atomic mass is 9.93. The topological polar surface area (TPSA) is 98.8 Å². The Kier molecular flexibility index (Phi) is 5.74. The summed E-state index contributed by atoms with van der Waals surface area (Å²) in [4.78, 5) is 33.0. The molecule has 0 amide bonds. The molecule has 3 N–H and O–H groups in total. The van der Waals surface area contributed by atoms with Crippen molar-refractivity contribution in [2.24, 2.45) is 5.92 Å². The normalized spacial score (nSPS) is 21.0. The molecule has 3 aromatic rings. The van der Waals surface area contributed by atoms with Crippen LogP contribution >= 0.6 is 0 Å². The SMILES string of the molecule is O=c1ccc2cccc(-n3nc([C@H]4CCCN(CCC5CCNCC5)C4)[nH]c3=O)c2[nH]1. The summed E-state index contributed by atoms with van der Waals surface area (Å²) in [5.41, 5.74) is 0.767. The summed E-state index contributed by atoms with van der Waals surface area (Å²) in [6, 6.07) is 8.86. The highest BCUT2D eigenvalue weighted by Gasteiger charge is 2.26. The highest BCUT2D eigenvalue weighted by Crippen LogP contribution is 2.26. The number of hydrogen-bond acceptors (Lipinski definition) is 5. The predicted molar refractivity (Wildman–Crippen MR) is 121 cm³/mol. The first kappa shape index (κ1) is 20.2. The summed E-state index contributed by atoms with van der Waals surface area (Å²) in [5, 5.41) is 8.97. The molecular formula is C23H30N6O2. The van der Waals surface area contributed by atoms with Crippen LogP contribution in [-0.2, 0) is 0 Å². The van der Waals surface area contributed by atoms with Gasteiger partial charge in [-0.3, -0.25) is 9.78 Å². The summed E-state index contributed by atoms with van der Waals surface area (Å²) >= 11 is 0. The van der Waals surface area contributed by atoms with Gasteiger partial charge in [0.15, 0.2) is 0 Å². The molecule has 0 aliphatic carbocycles. The lowest BCUT2D eigenvalue weighted by Crippen LogP contribution is -2.37. The zero-order valence-electron chi connectivity index (χ0n) is 17.8. The Bertz CT molecular complexity index is 1160. The molecular weight excluding hydrogens is 392 g/mol. The highest BCUT2D eigenvalue weighted by molar-refractivity contribution is 5.85. The summed E-state index contributed by atoms with van der Waals surface area (Å²) < 4.78 is 1.39. The molecule has 0 unspecified atom stereocenters. The van der Waals surface area contributed by atoms with E-state index < -0.39 is 0 Å². The molecule has 4 heterocycles. The monoisotopic (exact) mass is 422 g/mol. The minimum Gasteiger partial charge on any atom is -0.320 e. The van der Waals surface area contributed by atoms with Gasteiger partial charge < -0.3 is 15.2 Å². The average Bonchev–Trinajstić information content (AvgIpc) is 3.19. The number of piperidine rings is 2. The van der Waals surface area contributed by atoms with E-state index in [0.717, 1.165) is 62.7 Å². The predicted octanol–water partition coefficient (Wildman–Crippen LogP) is 1.97. The number of para-hydroxylation sites is 1. The van der Waals surface area contributed by atoms with Gasteiger partial charge in [0.2, 0.25) is 5.56 Å². The zero-order valence-corrected chi connectivity index (χ0v) is 17.8. The molecule has 2 aliphatic rings. The molecule has 8 heteroatoms. The summed E-state index contributed by atoms with van der Waals surface area (Å²) in [5.74, 6) is 1.80. The molecule has 5 rings (SSSR count). The maximum Gasteiger partial charge on any atom is 0.348 e. The Balaban J connectivity index is 1.34. The Morgan fingerprint density at radius 3 is 2.77 bits per heavy atom. The van der Waals surface area contributed by atoms with Gasteiger partial charge in [0.1, 0.15) is 5.82 Å². The van der Waals surface area contributed by atoms with Crippen molar-refractivity contribution in [1.82, 2.24) is 30.0 Å². The highest BCUT2D eigenvalue weighted by atomic mass is 16.2. The van der Waals surface area contributed by atoms with Gasteiger partial charge in [0.05, 0.1) is 11.2 Å². The first-order valence-corrected chi connectivity index (χ1v) is 11.4. The van der Waals surface area contributed by atoms with Gasteiger partial charge in [-0.25, -0.2) is 4.79 Å². The first-order chi connectivity index (χ1) is 15.2. The Hall–Kier alpha value is -2.71. The van der Waals surface area contributed by atoms with Gasteiger partial charge in [-0.05, 0) is 76.3 Å². The van der Waals surface area contributed by atoms with Gasteiger partial charge in [0.25, 0.3) is 0 Å². The minimum absolute atomic E-state index is 0.194. The van der Waals surface area contributed by atoms with Gasteiger partial charge >= 0.3 is 5.69 Å². The average molecular weight is 423 g/mol. The largest absolute Gasteiger partial charge is 0.348 e. The molecule has 164 valence electrons. The van der Waals surface area contributed by atoms with Crippen LogP contribution in [0.25, 0.3) is 16.6 Å². The minimum atomic E-state index is -0.265. The molecule has 8 nitrogen and oxygen atoms in total. The van der Waals surface area contributed by atoms with E-state index >= 15 is 0 Å². The number of nitrogens with one attached hydrogen (secondary N) is 3. The van der Waals surface area contributed by atoms with E-state index in [0.29, 0.717) is 11.2 Å². The van der Waals surface area contributed by atoms with Crippen molar-refractivity contribution in [3.05, 3.63) is 57.0 Å². The van der Waals surface area contributed by atoms with E-state index in [1.165, 1.54) is 30.0 Å². The molecule has 0 bridgehead atoms. The standard InChI is InChI=1S/C23H30N6O2/c30-20-7-6-17-3-1-5-19(21(17)25-20)29-23(31)26-22(27-29)18-4-2-13-28(15-18)14-10-16-8-11-24-12-9-16/h1,3,5-7,16,18,24H,2,4,8-15H2,(H,25,30)(H,26,27,31)/t18-/m0/s1. The summed E-state index contributed by atoms with van der Waals surface area (Å²) in [6.45, 7) is 5.47. The van der Waals surface area contributed by atoms with Gasteiger partial charge in [-0.15, -0.1) is 5.10 Å². The lowest BCUT2D eigenvalue weighted by molar-refractivity contribution is 0.184. The number of pyridine rings is 1. The fourth-order valence-corrected chi connectivity index (χ4v) is 5.04. The number of H-pyrrole nitrogens is 2. The zero-order chi connectivity index (χ0) is 21.2. The number of benzene rings is 1. The van der Waals surface area contributed by atoms with Gasteiger partial charge in [-0.1, -0.05) is 12.1 Å². The number of likely N-dealkylation sites (tertiary alicyclic amines) is 1. The molecule has 2 fully saturated rings. The Labute approximate surface area is 180 Å². The smallest absolute Gasteiger partial charge is 0.320 e. The van der Waals surface area contributed by atoms with Gasteiger partial charge in [-0.2, -0.15) is 4.68 Å². The quantitative estimate of drug-likeness (QED) is 0.584. The molecule has 31 heavy (non-hydrogen) atoms. The number of hydrogen-bond donors (Lipinski definition) is 3. The van der Waals surface area contributed by atoms with Gasteiger partial charge in [0, 0.05) is 23.9 Å². The van der Waals surface area contributed by atoms with Crippen molar-refractivity contribution in [2.75, 3.05) is 32.7 Å². The van der Waals surface area contributed by atoms with Crippen LogP contribution in [0.15, 0.2) is 39.9 Å². The molecule has 0 saturated carbocycles. The lowest BCUT2D eigenvalue weighted by Gasteiger charge is -2.33. The second-order valence-corrected chi connectivity index (χ2v) is 8.91. The van der Waals surface area contributed by atoms with Crippen LogP contribution in [-0.4, -0.2) is 57.4 Å². The van der Waals surface area contributed by atoms with Crippen molar-refractivity contribution in [2.45, 2.75) is 38.0 Å². The summed E-state index contributed by atoms with van der Waals surface area (Å²) in [6.07, 6.45) is 5.96. The Morgan fingerprint density at radius 2 is 1.90 bits per heavy atom. The van der Waals surface area contributed by atoms with Crippen LogP contribution in [0.4, 0.5) is 0 Å². The number of fused-ring (bicyclic) bond motifs is 1. The fourth-order valence-electron chi connectivity index (χ4n) is 5.04. The molecule has 2 aromatic heterocycles. The van der Waals surface area contributed by atoms with E-state index in [9.17, 15) is 9.59 Å².